The summed E-state index contributed by atoms with van der Waals surface area (Å²) in [6.45, 7) is 9.69. The predicted molar refractivity (Wildman–Crippen MR) is 112 cm³/mol. The minimum absolute atomic E-state index is 0.284. The Labute approximate surface area is 164 Å². The fourth-order valence-electron chi connectivity index (χ4n) is 3.98. The van der Waals surface area contributed by atoms with Gasteiger partial charge in [0, 0.05) is 17.6 Å². The third-order valence-electron chi connectivity index (χ3n) is 5.52. The van der Waals surface area contributed by atoms with Gasteiger partial charge in [0.05, 0.1) is 13.2 Å². The standard InChI is InChI=1S/C24H33NO2/c1-5-26-23-15-21(16-24(17(23)3)27-6-2)18(4)25-22-13-20(14-22)12-19-10-8-7-9-11-19/h7-11,15-16,18,20,22,25H,5-6,12-14H2,1-4H3/t18-,20?,22?/m1/s1. The first kappa shape index (κ1) is 19.8. The van der Waals surface area contributed by atoms with Crippen molar-refractivity contribution in [2.75, 3.05) is 13.2 Å². The molecule has 2 aromatic rings. The van der Waals surface area contributed by atoms with E-state index < -0.39 is 0 Å². The highest BCUT2D eigenvalue weighted by Gasteiger charge is 2.30. The molecular weight excluding hydrogens is 334 g/mol. The van der Waals surface area contributed by atoms with Gasteiger partial charge in [-0.25, -0.2) is 0 Å². The van der Waals surface area contributed by atoms with Crippen LogP contribution in [0.2, 0.25) is 0 Å². The Kier molecular flexibility index (Phi) is 6.78. The highest BCUT2D eigenvalue weighted by atomic mass is 16.5. The monoisotopic (exact) mass is 367 g/mol. The van der Waals surface area contributed by atoms with Gasteiger partial charge >= 0.3 is 0 Å². The number of hydrogen-bond acceptors (Lipinski definition) is 3. The molecule has 0 aliphatic heterocycles. The van der Waals surface area contributed by atoms with E-state index >= 15 is 0 Å². The van der Waals surface area contributed by atoms with E-state index in [9.17, 15) is 0 Å². The summed E-state index contributed by atoms with van der Waals surface area (Å²) in [6, 6.07) is 16.0. The predicted octanol–water partition coefficient (Wildman–Crippen LogP) is 5.46. The van der Waals surface area contributed by atoms with E-state index in [1.54, 1.807) is 0 Å². The van der Waals surface area contributed by atoms with E-state index in [0.29, 0.717) is 19.3 Å². The minimum atomic E-state index is 0.284. The third-order valence-corrected chi connectivity index (χ3v) is 5.52. The fraction of sp³-hybridized carbons (Fsp3) is 0.500. The molecule has 1 aliphatic rings. The van der Waals surface area contributed by atoms with Gasteiger partial charge in [0.25, 0.3) is 0 Å². The van der Waals surface area contributed by atoms with Gasteiger partial charge in [-0.15, -0.1) is 0 Å². The molecular formula is C24H33NO2. The summed E-state index contributed by atoms with van der Waals surface area (Å²) in [5.74, 6) is 2.67. The maximum atomic E-state index is 5.84. The van der Waals surface area contributed by atoms with Crippen molar-refractivity contribution in [2.45, 2.75) is 59.0 Å². The molecule has 2 aromatic carbocycles. The number of benzene rings is 2. The maximum absolute atomic E-state index is 5.84. The molecule has 0 spiro atoms. The van der Waals surface area contributed by atoms with E-state index in [1.807, 2.05) is 13.8 Å². The molecule has 0 amide bonds. The average molecular weight is 368 g/mol. The molecule has 1 atom stereocenters. The van der Waals surface area contributed by atoms with Crippen LogP contribution in [0.3, 0.4) is 0 Å². The Morgan fingerprint density at radius 3 is 2.15 bits per heavy atom. The van der Waals surface area contributed by atoms with Crippen LogP contribution in [0.15, 0.2) is 42.5 Å². The van der Waals surface area contributed by atoms with E-state index in [0.717, 1.165) is 23.0 Å². The molecule has 0 heterocycles. The first-order valence-corrected chi connectivity index (χ1v) is 10.3. The van der Waals surface area contributed by atoms with Crippen LogP contribution in [-0.2, 0) is 6.42 Å². The number of rotatable bonds is 9. The van der Waals surface area contributed by atoms with Crippen LogP contribution in [0.5, 0.6) is 11.5 Å². The van der Waals surface area contributed by atoms with Crippen molar-refractivity contribution < 1.29 is 9.47 Å². The quantitative estimate of drug-likeness (QED) is 0.638. The van der Waals surface area contributed by atoms with Gasteiger partial charge in [-0.1, -0.05) is 30.3 Å². The number of nitrogens with one attached hydrogen (secondary N) is 1. The van der Waals surface area contributed by atoms with Crippen LogP contribution in [-0.4, -0.2) is 19.3 Å². The fourth-order valence-corrected chi connectivity index (χ4v) is 3.98. The zero-order valence-corrected chi connectivity index (χ0v) is 17.1. The molecule has 0 bridgehead atoms. The van der Waals surface area contributed by atoms with Crippen molar-refractivity contribution >= 4 is 0 Å². The van der Waals surface area contributed by atoms with Crippen molar-refractivity contribution in [2.24, 2.45) is 5.92 Å². The molecule has 1 aliphatic carbocycles. The SMILES string of the molecule is CCOc1cc([C@@H](C)NC2CC(Cc3ccccc3)C2)cc(OCC)c1C. The molecule has 1 fully saturated rings. The molecule has 27 heavy (non-hydrogen) atoms. The molecule has 3 heteroatoms. The first-order valence-electron chi connectivity index (χ1n) is 10.3. The van der Waals surface area contributed by atoms with E-state index in [1.165, 1.54) is 30.4 Å². The van der Waals surface area contributed by atoms with Gasteiger partial charge in [-0.3, -0.25) is 0 Å². The second kappa shape index (κ2) is 9.27. The lowest BCUT2D eigenvalue weighted by atomic mass is 9.76. The van der Waals surface area contributed by atoms with Crippen molar-refractivity contribution in [3.63, 3.8) is 0 Å². The smallest absolute Gasteiger partial charge is 0.126 e. The van der Waals surface area contributed by atoms with Crippen molar-refractivity contribution in [3.05, 3.63) is 59.2 Å². The van der Waals surface area contributed by atoms with Gasteiger partial charge in [0.2, 0.25) is 0 Å². The van der Waals surface area contributed by atoms with E-state index in [2.05, 4.69) is 61.6 Å². The molecule has 0 aromatic heterocycles. The largest absolute Gasteiger partial charge is 0.493 e. The third kappa shape index (κ3) is 5.04. The Morgan fingerprint density at radius 1 is 1.00 bits per heavy atom. The normalized spacial score (nSPS) is 20.0. The van der Waals surface area contributed by atoms with Gasteiger partial charge < -0.3 is 14.8 Å². The topological polar surface area (TPSA) is 30.5 Å². The lowest BCUT2D eigenvalue weighted by molar-refractivity contribution is 0.208. The Morgan fingerprint density at radius 2 is 1.59 bits per heavy atom. The summed E-state index contributed by atoms with van der Waals surface area (Å²) in [4.78, 5) is 0. The second-order valence-corrected chi connectivity index (χ2v) is 7.62. The van der Waals surface area contributed by atoms with Crippen LogP contribution < -0.4 is 14.8 Å². The Bertz CT molecular complexity index is 695. The van der Waals surface area contributed by atoms with Crippen molar-refractivity contribution in [1.82, 2.24) is 5.32 Å². The molecule has 146 valence electrons. The maximum Gasteiger partial charge on any atom is 0.126 e. The van der Waals surface area contributed by atoms with Crippen molar-refractivity contribution in [3.8, 4) is 11.5 Å². The summed E-state index contributed by atoms with van der Waals surface area (Å²) in [7, 11) is 0. The lowest BCUT2D eigenvalue weighted by Crippen LogP contribution is -2.43. The molecule has 3 nitrogen and oxygen atoms in total. The molecule has 1 saturated carbocycles. The summed E-state index contributed by atoms with van der Waals surface area (Å²) in [6.07, 6.45) is 3.70. The molecule has 1 N–H and O–H groups in total. The second-order valence-electron chi connectivity index (χ2n) is 7.62. The van der Waals surface area contributed by atoms with Gasteiger partial charge in [0.15, 0.2) is 0 Å². The van der Waals surface area contributed by atoms with E-state index in [-0.39, 0.29) is 6.04 Å². The van der Waals surface area contributed by atoms with Gasteiger partial charge in [-0.2, -0.15) is 0 Å². The number of ether oxygens (including phenoxy) is 2. The molecule has 3 rings (SSSR count). The van der Waals surface area contributed by atoms with Gasteiger partial charge in [-0.05, 0) is 76.1 Å². The minimum Gasteiger partial charge on any atom is -0.493 e. The zero-order valence-electron chi connectivity index (χ0n) is 17.1. The van der Waals surface area contributed by atoms with Crippen LogP contribution in [0.4, 0.5) is 0 Å². The van der Waals surface area contributed by atoms with Crippen LogP contribution in [0, 0.1) is 12.8 Å². The van der Waals surface area contributed by atoms with E-state index in [4.69, 9.17) is 9.47 Å². The summed E-state index contributed by atoms with van der Waals surface area (Å²) in [5, 5.41) is 3.80. The lowest BCUT2D eigenvalue weighted by Gasteiger charge is -2.38. The van der Waals surface area contributed by atoms with Crippen LogP contribution in [0.25, 0.3) is 0 Å². The molecule has 0 saturated heterocycles. The van der Waals surface area contributed by atoms with Crippen molar-refractivity contribution in [1.29, 1.82) is 0 Å². The molecule has 0 radical (unpaired) electrons. The summed E-state index contributed by atoms with van der Waals surface area (Å²) in [5.41, 5.74) is 3.77. The Hall–Kier alpha value is -2.00. The Balaban J connectivity index is 1.59. The number of hydrogen-bond donors (Lipinski definition) is 1. The van der Waals surface area contributed by atoms with Crippen LogP contribution in [0.1, 0.15) is 56.3 Å². The first-order chi connectivity index (χ1) is 13.1. The highest BCUT2D eigenvalue weighted by Crippen LogP contribution is 2.35. The van der Waals surface area contributed by atoms with Gasteiger partial charge in [0.1, 0.15) is 11.5 Å². The van der Waals surface area contributed by atoms with Crippen LogP contribution >= 0.6 is 0 Å². The zero-order chi connectivity index (χ0) is 19.2. The molecule has 0 unspecified atom stereocenters. The average Bonchev–Trinajstić information content (AvgIpc) is 2.64. The highest BCUT2D eigenvalue weighted by molar-refractivity contribution is 5.48. The summed E-state index contributed by atoms with van der Waals surface area (Å²) >= 11 is 0. The summed E-state index contributed by atoms with van der Waals surface area (Å²) < 4.78 is 11.7.